The number of aryl methyl sites for hydroxylation is 1. The first kappa shape index (κ1) is 19.9. The van der Waals surface area contributed by atoms with E-state index in [2.05, 4.69) is 39.6 Å². The molecule has 0 bridgehead atoms. The van der Waals surface area contributed by atoms with E-state index < -0.39 is 11.7 Å². The molecule has 0 spiro atoms. The average Bonchev–Trinajstić information content (AvgIpc) is 2.93. The molecule has 0 fully saturated rings. The number of pyridine rings is 1. The van der Waals surface area contributed by atoms with Crippen molar-refractivity contribution in [3.8, 4) is 0 Å². The van der Waals surface area contributed by atoms with Crippen LogP contribution in [0.3, 0.4) is 0 Å². The van der Waals surface area contributed by atoms with Gasteiger partial charge in [-0.05, 0) is 50.1 Å². The van der Waals surface area contributed by atoms with Gasteiger partial charge in [-0.25, -0.2) is 0 Å². The Balaban J connectivity index is 1.72. The van der Waals surface area contributed by atoms with E-state index in [1.165, 1.54) is 28.3 Å². The summed E-state index contributed by atoms with van der Waals surface area (Å²) in [7, 11) is 0. The fourth-order valence-corrected chi connectivity index (χ4v) is 4.42. The summed E-state index contributed by atoms with van der Waals surface area (Å²) in [5.41, 5.74) is 4.66. The first-order chi connectivity index (χ1) is 13.7. The zero-order valence-electron chi connectivity index (χ0n) is 17.3. The van der Waals surface area contributed by atoms with E-state index in [1.807, 2.05) is 13.8 Å². The fraction of sp³-hybridized carbons (Fsp3) is 0.435. The number of benzene rings is 1. The monoisotopic (exact) mass is 395 g/mol. The summed E-state index contributed by atoms with van der Waals surface area (Å²) in [4.78, 5) is 16.3. The number of aliphatic hydroxyl groups is 2. The lowest BCUT2D eigenvalue weighted by molar-refractivity contribution is 0.0315. The Kier molecular flexibility index (Phi) is 5.11. The normalized spacial score (nSPS) is 16.2. The molecule has 0 amide bonds. The van der Waals surface area contributed by atoms with Gasteiger partial charge in [-0.2, -0.15) is 0 Å². The topological polar surface area (TPSA) is 81.5 Å². The van der Waals surface area contributed by atoms with Crippen LogP contribution in [0.1, 0.15) is 42.3 Å². The number of aromatic amines is 1. The van der Waals surface area contributed by atoms with Crippen molar-refractivity contribution < 1.29 is 10.2 Å². The van der Waals surface area contributed by atoms with Gasteiger partial charge in [-0.1, -0.05) is 11.6 Å². The third-order valence-electron chi connectivity index (χ3n) is 5.65. The van der Waals surface area contributed by atoms with E-state index in [0.29, 0.717) is 18.7 Å². The molecular formula is C23H29N3O3. The molecule has 1 aliphatic heterocycles. The molecule has 0 aliphatic carbocycles. The third-order valence-corrected chi connectivity index (χ3v) is 5.65. The maximum absolute atomic E-state index is 11.3. The molecule has 0 saturated carbocycles. The number of aliphatic hydroxyl groups excluding tert-OH is 1. The number of β-amino-alcohol motifs (C(OH)–C–C–N with tert-alkyl or cyclic N) is 1. The molecule has 4 rings (SSSR count). The van der Waals surface area contributed by atoms with Gasteiger partial charge in [0.2, 0.25) is 5.56 Å². The molecule has 154 valence electrons. The Bertz CT molecular complexity index is 1070. The molecular weight excluding hydrogens is 366 g/mol. The summed E-state index contributed by atoms with van der Waals surface area (Å²) < 4.78 is 2.22. The van der Waals surface area contributed by atoms with Crippen molar-refractivity contribution in [2.45, 2.75) is 52.0 Å². The second-order valence-electron chi connectivity index (χ2n) is 8.83. The highest BCUT2D eigenvalue weighted by Crippen LogP contribution is 2.33. The second kappa shape index (κ2) is 7.44. The van der Waals surface area contributed by atoms with E-state index >= 15 is 0 Å². The summed E-state index contributed by atoms with van der Waals surface area (Å²) in [5, 5.41) is 22.3. The van der Waals surface area contributed by atoms with Gasteiger partial charge >= 0.3 is 0 Å². The quantitative estimate of drug-likeness (QED) is 0.620. The molecule has 1 unspecified atom stereocenters. The van der Waals surface area contributed by atoms with Crippen LogP contribution in [-0.4, -0.2) is 43.4 Å². The standard InChI is InChI=1S/C23H29N3O3/c1-15-4-6-19-17(10-15)18-12-25(14-23(2,3)29)9-8-20(18)26(19)13-21(27)16-5-7-22(28)24-11-16/h4-7,10-11,21,27,29H,8-9,12-14H2,1-3H3,(H,24,28). The molecule has 3 heterocycles. The average molecular weight is 396 g/mol. The Labute approximate surface area is 170 Å². The van der Waals surface area contributed by atoms with Crippen molar-refractivity contribution in [3.63, 3.8) is 0 Å². The predicted octanol–water partition coefficient (Wildman–Crippen LogP) is 2.50. The minimum absolute atomic E-state index is 0.174. The highest BCUT2D eigenvalue weighted by Gasteiger charge is 2.27. The zero-order chi connectivity index (χ0) is 20.8. The second-order valence-corrected chi connectivity index (χ2v) is 8.83. The van der Waals surface area contributed by atoms with E-state index in [9.17, 15) is 15.0 Å². The lowest BCUT2D eigenvalue weighted by Gasteiger charge is -2.32. The van der Waals surface area contributed by atoms with E-state index in [-0.39, 0.29) is 5.56 Å². The number of H-pyrrole nitrogens is 1. The van der Waals surface area contributed by atoms with Crippen LogP contribution in [0.2, 0.25) is 0 Å². The number of fused-ring (bicyclic) bond motifs is 3. The molecule has 3 aromatic rings. The van der Waals surface area contributed by atoms with Crippen molar-refractivity contribution in [2.24, 2.45) is 0 Å². The van der Waals surface area contributed by atoms with Gasteiger partial charge in [-0.15, -0.1) is 0 Å². The third kappa shape index (κ3) is 4.15. The van der Waals surface area contributed by atoms with Crippen molar-refractivity contribution in [2.75, 3.05) is 13.1 Å². The Morgan fingerprint density at radius 2 is 2.03 bits per heavy atom. The number of nitrogens with one attached hydrogen (secondary N) is 1. The van der Waals surface area contributed by atoms with Gasteiger partial charge in [0, 0.05) is 54.9 Å². The number of hydrogen-bond acceptors (Lipinski definition) is 4. The zero-order valence-corrected chi connectivity index (χ0v) is 17.3. The molecule has 6 heteroatoms. The summed E-state index contributed by atoms with van der Waals surface area (Å²) in [5.74, 6) is 0. The summed E-state index contributed by atoms with van der Waals surface area (Å²) in [6, 6.07) is 9.56. The summed E-state index contributed by atoms with van der Waals surface area (Å²) in [6.07, 6.45) is 1.75. The largest absolute Gasteiger partial charge is 0.389 e. The van der Waals surface area contributed by atoms with Gasteiger partial charge in [0.15, 0.2) is 0 Å². The molecule has 29 heavy (non-hydrogen) atoms. The molecule has 6 nitrogen and oxygen atoms in total. The van der Waals surface area contributed by atoms with Crippen molar-refractivity contribution in [1.29, 1.82) is 0 Å². The lowest BCUT2D eigenvalue weighted by Crippen LogP contribution is -2.41. The summed E-state index contributed by atoms with van der Waals surface area (Å²) >= 11 is 0. The minimum atomic E-state index is -0.730. The van der Waals surface area contributed by atoms with Crippen molar-refractivity contribution in [1.82, 2.24) is 14.5 Å². The van der Waals surface area contributed by atoms with Gasteiger partial charge in [0.05, 0.1) is 18.2 Å². The minimum Gasteiger partial charge on any atom is -0.389 e. The SMILES string of the molecule is Cc1ccc2c(c1)c1c(n2CC(O)c2ccc(=O)[nH]c2)CCN(CC(C)(C)O)C1. The Morgan fingerprint density at radius 3 is 2.72 bits per heavy atom. The van der Waals surface area contributed by atoms with Crippen LogP contribution < -0.4 is 5.56 Å². The number of aromatic nitrogens is 2. The first-order valence-electron chi connectivity index (χ1n) is 10.1. The first-order valence-corrected chi connectivity index (χ1v) is 10.1. The maximum atomic E-state index is 11.3. The van der Waals surface area contributed by atoms with E-state index in [1.54, 1.807) is 12.3 Å². The van der Waals surface area contributed by atoms with Gasteiger partial charge in [0.1, 0.15) is 0 Å². The molecule has 0 radical (unpaired) electrons. The van der Waals surface area contributed by atoms with Crippen LogP contribution in [0.4, 0.5) is 0 Å². The maximum Gasteiger partial charge on any atom is 0.247 e. The van der Waals surface area contributed by atoms with Gasteiger partial charge < -0.3 is 19.8 Å². The molecule has 1 aromatic carbocycles. The van der Waals surface area contributed by atoms with Crippen LogP contribution in [0.5, 0.6) is 0 Å². The lowest BCUT2D eigenvalue weighted by atomic mass is 10.0. The van der Waals surface area contributed by atoms with Crippen molar-refractivity contribution >= 4 is 10.9 Å². The molecule has 2 aromatic heterocycles. The Morgan fingerprint density at radius 1 is 1.24 bits per heavy atom. The van der Waals surface area contributed by atoms with Crippen LogP contribution >= 0.6 is 0 Å². The fourth-order valence-electron chi connectivity index (χ4n) is 4.42. The van der Waals surface area contributed by atoms with Crippen molar-refractivity contribution in [3.05, 3.63) is 69.3 Å². The van der Waals surface area contributed by atoms with Crippen LogP contribution in [0.25, 0.3) is 10.9 Å². The van der Waals surface area contributed by atoms with E-state index in [0.717, 1.165) is 25.0 Å². The van der Waals surface area contributed by atoms with Crippen LogP contribution in [0.15, 0.2) is 41.3 Å². The number of nitrogens with zero attached hydrogens (tertiary/aromatic N) is 2. The number of rotatable bonds is 5. The highest BCUT2D eigenvalue weighted by molar-refractivity contribution is 5.86. The van der Waals surface area contributed by atoms with Crippen LogP contribution in [-0.2, 0) is 19.5 Å². The Hall–Kier alpha value is -2.41. The molecule has 0 saturated heterocycles. The molecule has 1 atom stereocenters. The van der Waals surface area contributed by atoms with Gasteiger partial charge in [0.25, 0.3) is 0 Å². The smallest absolute Gasteiger partial charge is 0.247 e. The number of hydrogen-bond donors (Lipinski definition) is 3. The van der Waals surface area contributed by atoms with E-state index in [4.69, 9.17) is 0 Å². The molecule has 3 N–H and O–H groups in total. The van der Waals surface area contributed by atoms with Crippen LogP contribution in [0, 0.1) is 6.92 Å². The molecule has 1 aliphatic rings. The van der Waals surface area contributed by atoms with Gasteiger partial charge in [-0.3, -0.25) is 9.69 Å². The summed E-state index contributed by atoms with van der Waals surface area (Å²) in [6.45, 7) is 8.52. The predicted molar refractivity (Wildman–Crippen MR) is 114 cm³/mol. The highest BCUT2D eigenvalue weighted by atomic mass is 16.3.